The predicted octanol–water partition coefficient (Wildman–Crippen LogP) is 2.19. The predicted molar refractivity (Wildman–Crippen MR) is 69.9 cm³/mol. The van der Waals surface area contributed by atoms with E-state index < -0.39 is 0 Å². The number of halogens is 1. The Bertz CT molecular complexity index is 235. The fourth-order valence-electron chi connectivity index (χ4n) is 1.43. The molecule has 92 valence electrons. The van der Waals surface area contributed by atoms with Crippen LogP contribution in [0, 0.1) is 0 Å². The molecule has 0 atom stereocenters. The third-order valence-corrected chi connectivity index (χ3v) is 3.14. The molecule has 1 heterocycles. The van der Waals surface area contributed by atoms with Crippen molar-refractivity contribution in [3.63, 3.8) is 0 Å². The maximum atomic E-state index is 5.51. The van der Waals surface area contributed by atoms with E-state index in [1.54, 1.807) is 0 Å². The summed E-state index contributed by atoms with van der Waals surface area (Å²) in [6, 6.07) is 0. The van der Waals surface area contributed by atoms with Crippen LogP contribution in [0.15, 0.2) is 22.7 Å². The number of hydrogen-bond acceptors (Lipinski definition) is 3. The molecule has 1 saturated heterocycles. The fourth-order valence-corrected chi connectivity index (χ4v) is 1.61. The molecular formula is C12H20BrNO2. The number of ether oxygens (including phenoxy) is 2. The Balaban J connectivity index is 1.97. The molecule has 0 bridgehead atoms. The van der Waals surface area contributed by atoms with E-state index in [-0.39, 0.29) is 0 Å². The average Bonchev–Trinajstić information content (AvgIpc) is 2.34. The average molecular weight is 290 g/mol. The summed E-state index contributed by atoms with van der Waals surface area (Å²) >= 11 is 3.41. The number of rotatable bonds is 6. The second kappa shape index (κ2) is 8.93. The van der Waals surface area contributed by atoms with Crippen LogP contribution in [-0.2, 0) is 9.47 Å². The van der Waals surface area contributed by atoms with Crippen LogP contribution < -0.4 is 0 Å². The minimum absolute atomic E-state index is 0.674. The van der Waals surface area contributed by atoms with Crippen molar-refractivity contribution in [1.29, 1.82) is 0 Å². The molecule has 0 N–H and O–H groups in total. The minimum Gasteiger partial charge on any atom is -0.379 e. The van der Waals surface area contributed by atoms with Crippen LogP contribution >= 0.6 is 15.9 Å². The monoisotopic (exact) mass is 289 g/mol. The second-order valence-electron chi connectivity index (χ2n) is 3.60. The van der Waals surface area contributed by atoms with Gasteiger partial charge in [-0.25, -0.2) is 0 Å². The molecule has 1 rings (SSSR count). The highest BCUT2D eigenvalue weighted by Crippen LogP contribution is 2.04. The summed E-state index contributed by atoms with van der Waals surface area (Å²) in [5.74, 6) is 0. The first-order valence-corrected chi connectivity index (χ1v) is 6.48. The number of hydrogen-bond donors (Lipinski definition) is 0. The molecule has 0 aromatic carbocycles. The molecule has 0 spiro atoms. The summed E-state index contributed by atoms with van der Waals surface area (Å²) in [6.45, 7) is 8.23. The SMILES string of the molecule is C/C=C(Br)\C=C/COCCN1CCOCC1. The normalized spacial score (nSPS) is 19.5. The zero-order chi connectivity index (χ0) is 11.6. The summed E-state index contributed by atoms with van der Waals surface area (Å²) in [7, 11) is 0. The quantitative estimate of drug-likeness (QED) is 0.553. The van der Waals surface area contributed by atoms with Crippen molar-refractivity contribution in [2.75, 3.05) is 46.1 Å². The minimum atomic E-state index is 0.674. The summed E-state index contributed by atoms with van der Waals surface area (Å²) in [6.07, 6.45) is 6.03. The van der Waals surface area contributed by atoms with E-state index in [2.05, 4.69) is 20.8 Å². The van der Waals surface area contributed by atoms with Gasteiger partial charge in [0.1, 0.15) is 0 Å². The largest absolute Gasteiger partial charge is 0.379 e. The highest BCUT2D eigenvalue weighted by atomic mass is 79.9. The lowest BCUT2D eigenvalue weighted by Crippen LogP contribution is -2.38. The molecular weight excluding hydrogens is 270 g/mol. The van der Waals surface area contributed by atoms with Crippen molar-refractivity contribution in [3.05, 3.63) is 22.7 Å². The molecule has 1 fully saturated rings. The Morgan fingerprint density at radius 1 is 1.44 bits per heavy atom. The van der Waals surface area contributed by atoms with Gasteiger partial charge < -0.3 is 9.47 Å². The Kier molecular flexibility index (Phi) is 7.76. The smallest absolute Gasteiger partial charge is 0.0651 e. The van der Waals surface area contributed by atoms with E-state index >= 15 is 0 Å². The Hall–Kier alpha value is -0.160. The van der Waals surface area contributed by atoms with Crippen molar-refractivity contribution in [2.24, 2.45) is 0 Å². The van der Waals surface area contributed by atoms with E-state index in [1.807, 2.05) is 25.2 Å². The molecule has 3 nitrogen and oxygen atoms in total. The summed E-state index contributed by atoms with van der Waals surface area (Å²) < 4.78 is 11.9. The molecule has 0 aliphatic carbocycles. The van der Waals surface area contributed by atoms with Crippen molar-refractivity contribution < 1.29 is 9.47 Å². The standard InChI is InChI=1S/C12H20BrNO2/c1-2-12(13)4-3-8-15-9-5-14-6-10-16-11-7-14/h2-4H,5-11H2,1H3/b4-3-,12-2+. The van der Waals surface area contributed by atoms with Gasteiger partial charge in [-0.15, -0.1) is 0 Å². The van der Waals surface area contributed by atoms with Crippen LogP contribution in [-0.4, -0.2) is 51.0 Å². The van der Waals surface area contributed by atoms with Crippen LogP contribution in [0.5, 0.6) is 0 Å². The summed E-state index contributed by atoms with van der Waals surface area (Å²) in [5.41, 5.74) is 0. The van der Waals surface area contributed by atoms with E-state index in [0.717, 1.165) is 43.9 Å². The molecule has 0 radical (unpaired) electrons. The van der Waals surface area contributed by atoms with Gasteiger partial charge in [0.15, 0.2) is 0 Å². The Morgan fingerprint density at radius 3 is 2.88 bits per heavy atom. The molecule has 4 heteroatoms. The lowest BCUT2D eigenvalue weighted by atomic mass is 10.4. The first-order valence-electron chi connectivity index (χ1n) is 5.69. The van der Waals surface area contributed by atoms with Gasteiger partial charge in [-0.3, -0.25) is 4.90 Å². The number of allylic oxidation sites excluding steroid dienone is 3. The molecule has 0 amide bonds. The second-order valence-corrected chi connectivity index (χ2v) is 4.52. The van der Waals surface area contributed by atoms with E-state index in [1.165, 1.54) is 0 Å². The topological polar surface area (TPSA) is 21.7 Å². The van der Waals surface area contributed by atoms with Crippen LogP contribution in [0.25, 0.3) is 0 Å². The van der Waals surface area contributed by atoms with Crippen molar-refractivity contribution in [3.8, 4) is 0 Å². The number of nitrogens with zero attached hydrogens (tertiary/aromatic N) is 1. The van der Waals surface area contributed by atoms with Crippen LogP contribution in [0.1, 0.15) is 6.92 Å². The highest BCUT2D eigenvalue weighted by Gasteiger charge is 2.08. The molecule has 1 aliphatic heterocycles. The van der Waals surface area contributed by atoms with Crippen molar-refractivity contribution in [2.45, 2.75) is 6.92 Å². The van der Waals surface area contributed by atoms with Gasteiger partial charge in [-0.1, -0.05) is 34.2 Å². The summed E-state index contributed by atoms with van der Waals surface area (Å²) in [5, 5.41) is 0. The van der Waals surface area contributed by atoms with Gasteiger partial charge in [0.05, 0.1) is 26.4 Å². The van der Waals surface area contributed by atoms with Gasteiger partial charge >= 0.3 is 0 Å². The molecule has 0 saturated carbocycles. The third-order valence-electron chi connectivity index (χ3n) is 2.42. The fraction of sp³-hybridized carbons (Fsp3) is 0.667. The van der Waals surface area contributed by atoms with Crippen molar-refractivity contribution in [1.82, 2.24) is 4.90 Å². The van der Waals surface area contributed by atoms with E-state index in [0.29, 0.717) is 6.61 Å². The molecule has 1 aliphatic rings. The molecule has 0 aromatic rings. The maximum absolute atomic E-state index is 5.51. The van der Waals surface area contributed by atoms with Gasteiger partial charge in [0.25, 0.3) is 0 Å². The van der Waals surface area contributed by atoms with E-state index in [4.69, 9.17) is 9.47 Å². The number of morpholine rings is 1. The maximum Gasteiger partial charge on any atom is 0.0651 e. The van der Waals surface area contributed by atoms with Gasteiger partial charge in [0.2, 0.25) is 0 Å². The first-order chi connectivity index (χ1) is 7.83. The first kappa shape index (κ1) is 13.9. The Morgan fingerprint density at radius 2 is 2.19 bits per heavy atom. The van der Waals surface area contributed by atoms with E-state index in [9.17, 15) is 0 Å². The van der Waals surface area contributed by atoms with Gasteiger partial charge in [-0.05, 0) is 6.92 Å². The van der Waals surface area contributed by atoms with Gasteiger partial charge in [-0.2, -0.15) is 0 Å². The Labute approximate surface area is 106 Å². The van der Waals surface area contributed by atoms with Crippen molar-refractivity contribution >= 4 is 15.9 Å². The molecule has 16 heavy (non-hydrogen) atoms. The lowest BCUT2D eigenvalue weighted by Gasteiger charge is -2.26. The molecule has 0 aromatic heterocycles. The van der Waals surface area contributed by atoms with Crippen LogP contribution in [0.2, 0.25) is 0 Å². The molecule has 0 unspecified atom stereocenters. The van der Waals surface area contributed by atoms with Crippen LogP contribution in [0.4, 0.5) is 0 Å². The summed E-state index contributed by atoms with van der Waals surface area (Å²) in [4.78, 5) is 2.37. The lowest BCUT2D eigenvalue weighted by molar-refractivity contribution is 0.0234. The van der Waals surface area contributed by atoms with Gasteiger partial charge in [0, 0.05) is 24.1 Å². The van der Waals surface area contributed by atoms with Crippen LogP contribution in [0.3, 0.4) is 0 Å². The zero-order valence-electron chi connectivity index (χ0n) is 9.82. The highest BCUT2D eigenvalue weighted by molar-refractivity contribution is 9.11. The third kappa shape index (κ3) is 6.43. The zero-order valence-corrected chi connectivity index (χ0v) is 11.4.